The average Bonchev–Trinajstić information content (AvgIpc) is 3.38. The Labute approximate surface area is 209 Å². The predicted octanol–water partition coefficient (Wildman–Crippen LogP) is 4.79. The molecule has 10 heteroatoms. The van der Waals surface area contributed by atoms with E-state index in [0.717, 1.165) is 50.5 Å². The van der Waals surface area contributed by atoms with Gasteiger partial charge >= 0.3 is 11.9 Å². The zero-order valence-electron chi connectivity index (χ0n) is 19.8. The van der Waals surface area contributed by atoms with Crippen LogP contribution in [0.25, 0.3) is 11.4 Å². The van der Waals surface area contributed by atoms with Crippen molar-refractivity contribution in [2.45, 2.75) is 69.1 Å². The van der Waals surface area contributed by atoms with E-state index in [2.05, 4.69) is 26.7 Å². The summed E-state index contributed by atoms with van der Waals surface area (Å²) in [7, 11) is 0. The van der Waals surface area contributed by atoms with Crippen molar-refractivity contribution in [1.82, 2.24) is 20.6 Å². The third-order valence-corrected chi connectivity index (χ3v) is 6.57. The van der Waals surface area contributed by atoms with Gasteiger partial charge < -0.3 is 15.3 Å². The molecule has 0 spiro atoms. The number of carboxylic acids is 2. The summed E-state index contributed by atoms with van der Waals surface area (Å²) in [4.78, 5) is 21.4. The van der Waals surface area contributed by atoms with Crippen LogP contribution in [0.2, 0.25) is 0 Å². The van der Waals surface area contributed by atoms with Gasteiger partial charge in [-0.2, -0.15) is 17.0 Å². The van der Waals surface area contributed by atoms with Crippen LogP contribution in [0.3, 0.4) is 0 Å². The fourth-order valence-electron chi connectivity index (χ4n) is 3.46. The zero-order chi connectivity index (χ0) is 25.3. The second kappa shape index (κ2) is 16.6. The molecule has 190 valence electrons. The van der Waals surface area contributed by atoms with Crippen LogP contribution in [0.15, 0.2) is 48.6 Å². The number of aliphatic hydroxyl groups excluding tert-OH is 1. The maximum atomic E-state index is 11.0. The Balaban J connectivity index is 1.84. The summed E-state index contributed by atoms with van der Waals surface area (Å²) in [5.74, 6) is -0.763. The molecule has 9 nitrogen and oxygen atoms in total. The highest BCUT2D eigenvalue weighted by atomic mass is 32.2. The largest absolute Gasteiger partial charge is 0.481 e. The number of tetrazole rings is 1. The van der Waals surface area contributed by atoms with Crippen molar-refractivity contribution >= 4 is 23.7 Å². The molecule has 0 radical (unpaired) electrons. The lowest BCUT2D eigenvalue weighted by molar-refractivity contribution is -0.137. The number of aliphatic hydroxyl groups is 1. The fraction of sp³-hybridized carbons (Fsp3) is 0.480. The molecule has 0 unspecified atom stereocenters. The molecule has 0 aliphatic carbocycles. The van der Waals surface area contributed by atoms with Crippen molar-refractivity contribution < 1.29 is 24.9 Å². The number of carboxylic acid groups (broad SMARTS) is 2. The third-order valence-electron chi connectivity index (χ3n) is 5.33. The Bertz CT molecular complexity index is 949. The molecule has 0 saturated heterocycles. The molecule has 2 aromatic rings. The van der Waals surface area contributed by atoms with Gasteiger partial charge in [-0.3, -0.25) is 9.59 Å². The minimum Gasteiger partial charge on any atom is -0.481 e. The predicted molar refractivity (Wildman–Crippen MR) is 136 cm³/mol. The third kappa shape index (κ3) is 11.8. The number of aliphatic carboxylic acids is 2. The molecule has 4 N–H and O–H groups in total. The first-order valence-corrected chi connectivity index (χ1v) is 12.9. The number of nitrogens with one attached hydrogen (secondary N) is 1. The van der Waals surface area contributed by atoms with Gasteiger partial charge in [0.15, 0.2) is 0 Å². The van der Waals surface area contributed by atoms with Crippen molar-refractivity contribution in [1.29, 1.82) is 0 Å². The summed E-state index contributed by atoms with van der Waals surface area (Å²) in [6.07, 6.45) is 14.3. The summed E-state index contributed by atoms with van der Waals surface area (Å²) in [5.41, 5.74) is 1.42. The molecular formula is C25H34N4O5S. The van der Waals surface area contributed by atoms with Crippen LogP contribution in [0.5, 0.6) is 0 Å². The van der Waals surface area contributed by atoms with Gasteiger partial charge in [-0.25, -0.2) is 0 Å². The van der Waals surface area contributed by atoms with Gasteiger partial charge in [-0.15, -0.1) is 10.2 Å². The molecule has 2 atom stereocenters. The second-order valence-electron chi connectivity index (χ2n) is 8.15. The van der Waals surface area contributed by atoms with Gasteiger partial charge in [-0.1, -0.05) is 68.2 Å². The van der Waals surface area contributed by atoms with Crippen molar-refractivity contribution in [3.05, 3.63) is 54.1 Å². The monoisotopic (exact) mass is 502 g/mol. The van der Waals surface area contributed by atoms with E-state index in [1.165, 1.54) is 11.8 Å². The number of aromatic nitrogens is 4. The van der Waals surface area contributed by atoms with Crippen molar-refractivity contribution in [3.8, 4) is 11.4 Å². The first-order chi connectivity index (χ1) is 17.0. The van der Waals surface area contributed by atoms with Gasteiger partial charge in [0, 0.05) is 17.7 Å². The number of aromatic amines is 1. The highest BCUT2D eigenvalue weighted by Crippen LogP contribution is 2.30. The Morgan fingerprint density at radius 2 is 1.74 bits per heavy atom. The highest BCUT2D eigenvalue weighted by Gasteiger charge is 2.20. The van der Waals surface area contributed by atoms with Crippen LogP contribution in [0.4, 0.5) is 0 Å². The summed E-state index contributed by atoms with van der Waals surface area (Å²) in [6.45, 7) is 0. The Morgan fingerprint density at radius 1 is 1.00 bits per heavy atom. The van der Waals surface area contributed by atoms with E-state index in [0.29, 0.717) is 17.1 Å². The number of benzene rings is 1. The van der Waals surface area contributed by atoms with Crippen LogP contribution >= 0.6 is 11.8 Å². The van der Waals surface area contributed by atoms with Gasteiger partial charge in [0.2, 0.25) is 5.82 Å². The van der Waals surface area contributed by atoms with Crippen molar-refractivity contribution in [2.24, 2.45) is 0 Å². The number of hydrogen-bond donors (Lipinski definition) is 4. The normalized spacial score (nSPS) is 13.4. The lowest BCUT2D eigenvalue weighted by Crippen LogP contribution is -2.14. The first-order valence-electron chi connectivity index (χ1n) is 11.9. The van der Waals surface area contributed by atoms with E-state index >= 15 is 0 Å². The molecular weight excluding hydrogens is 468 g/mol. The van der Waals surface area contributed by atoms with Crippen LogP contribution in [-0.2, 0) is 9.59 Å². The fourth-order valence-corrected chi connectivity index (χ4v) is 4.57. The standard InChI is InChI=1S/C25H34N4O5S/c30-22(31)15-10-8-6-4-2-1-3-5-7-9-14-21(35-17-16-23(32)33)24(34)19-12-11-13-20(18-19)25-26-28-29-27-25/h5,7,9,11-14,18,21,24,34H,1-4,6,8,10,15-17H2,(H,30,31)(H,32,33)(H,26,27,28,29)/b7-5+,14-9+/t21-,24+/m1/s1. The lowest BCUT2D eigenvalue weighted by atomic mass is 10.0. The Morgan fingerprint density at radius 3 is 2.46 bits per heavy atom. The van der Waals surface area contributed by atoms with E-state index in [1.54, 1.807) is 0 Å². The number of hydrogen-bond acceptors (Lipinski definition) is 7. The van der Waals surface area contributed by atoms with Gasteiger partial charge in [-0.05, 0) is 36.1 Å². The molecule has 0 aliphatic heterocycles. The summed E-state index contributed by atoms with van der Waals surface area (Å²) in [6, 6.07) is 7.29. The lowest BCUT2D eigenvalue weighted by Gasteiger charge is -2.20. The molecule has 35 heavy (non-hydrogen) atoms. The van der Waals surface area contributed by atoms with E-state index in [1.807, 2.05) is 42.5 Å². The summed E-state index contributed by atoms with van der Waals surface area (Å²) < 4.78 is 0. The van der Waals surface area contributed by atoms with Gasteiger partial charge in [0.25, 0.3) is 0 Å². The molecule has 1 aromatic carbocycles. The molecule has 0 saturated carbocycles. The van der Waals surface area contributed by atoms with Gasteiger partial charge in [0.1, 0.15) is 0 Å². The highest BCUT2D eigenvalue weighted by molar-refractivity contribution is 8.00. The topological polar surface area (TPSA) is 149 Å². The molecule has 2 rings (SSSR count). The first kappa shape index (κ1) is 28.3. The van der Waals surface area contributed by atoms with Crippen LogP contribution < -0.4 is 0 Å². The van der Waals surface area contributed by atoms with E-state index < -0.39 is 18.0 Å². The number of nitrogens with zero attached hydrogens (tertiary/aromatic N) is 3. The average molecular weight is 503 g/mol. The Kier molecular flexibility index (Phi) is 13.4. The van der Waals surface area contributed by atoms with E-state index in [-0.39, 0.29) is 18.1 Å². The van der Waals surface area contributed by atoms with E-state index in [9.17, 15) is 14.7 Å². The summed E-state index contributed by atoms with van der Waals surface area (Å²) in [5, 5.41) is 42.2. The number of carbonyl (C=O) groups is 2. The van der Waals surface area contributed by atoms with Crippen LogP contribution in [-0.4, -0.2) is 58.9 Å². The van der Waals surface area contributed by atoms with Gasteiger partial charge in [0.05, 0.1) is 17.8 Å². The molecule has 1 aromatic heterocycles. The van der Waals surface area contributed by atoms with Crippen molar-refractivity contribution in [2.75, 3.05) is 5.75 Å². The van der Waals surface area contributed by atoms with E-state index in [4.69, 9.17) is 10.2 Å². The van der Waals surface area contributed by atoms with Crippen LogP contribution in [0.1, 0.15) is 69.5 Å². The minimum absolute atomic E-state index is 0.0246. The maximum Gasteiger partial charge on any atom is 0.304 e. The molecule has 1 heterocycles. The summed E-state index contributed by atoms with van der Waals surface area (Å²) >= 11 is 1.40. The molecule has 0 amide bonds. The van der Waals surface area contributed by atoms with Crippen molar-refractivity contribution in [3.63, 3.8) is 0 Å². The smallest absolute Gasteiger partial charge is 0.304 e. The molecule has 0 bridgehead atoms. The molecule has 0 fully saturated rings. The number of rotatable bonds is 18. The number of thioether (sulfide) groups is 1. The minimum atomic E-state index is -0.865. The van der Waals surface area contributed by atoms with Crippen LogP contribution in [0, 0.1) is 0 Å². The number of unbranched alkanes of at least 4 members (excludes halogenated alkanes) is 6. The Hall–Kier alpha value is -2.98. The number of allylic oxidation sites excluding steroid dienone is 3. The maximum absolute atomic E-state index is 11.0. The molecule has 0 aliphatic rings. The quantitative estimate of drug-likeness (QED) is 0.167. The zero-order valence-corrected chi connectivity index (χ0v) is 20.6. The SMILES string of the molecule is O=C(O)CCCCCCCC/C=C/C=C/[C@@H](SCCC(=O)O)[C@@H](O)c1cccc(-c2nn[nH]n2)c1. The second-order valence-corrected chi connectivity index (χ2v) is 9.44. The number of H-pyrrole nitrogens is 1.